The number of ether oxygens (including phenoxy) is 1. The molecular weight excluding hydrogens is 401 g/mol. The van der Waals surface area contributed by atoms with E-state index in [-0.39, 0.29) is 24.0 Å². The van der Waals surface area contributed by atoms with Crippen LogP contribution in [-0.2, 0) is 13.0 Å². The maximum atomic E-state index is 5.95. The van der Waals surface area contributed by atoms with E-state index in [9.17, 15) is 0 Å². The Labute approximate surface area is 155 Å². The second kappa shape index (κ2) is 9.39. The predicted octanol–water partition coefficient (Wildman–Crippen LogP) is 4.11. The number of halogens is 1. The van der Waals surface area contributed by atoms with Crippen molar-refractivity contribution in [2.24, 2.45) is 10.7 Å². The fourth-order valence-electron chi connectivity index (χ4n) is 2.20. The van der Waals surface area contributed by atoms with Crippen LogP contribution in [0.5, 0.6) is 5.75 Å². The topological polar surface area (TPSA) is 59.6 Å². The molecule has 0 spiro atoms. The minimum atomic E-state index is 0. The van der Waals surface area contributed by atoms with Gasteiger partial charge in [0.05, 0.1) is 13.7 Å². The second-order valence-corrected chi connectivity index (χ2v) is 5.18. The van der Waals surface area contributed by atoms with E-state index >= 15 is 0 Å². The van der Waals surface area contributed by atoms with Gasteiger partial charge in [0.2, 0.25) is 0 Å². The van der Waals surface area contributed by atoms with E-state index < -0.39 is 0 Å². The van der Waals surface area contributed by atoms with Gasteiger partial charge in [0.15, 0.2) is 5.96 Å². The molecule has 0 fully saturated rings. The van der Waals surface area contributed by atoms with Crippen molar-refractivity contribution in [2.75, 3.05) is 12.4 Å². The average Bonchev–Trinajstić information content (AvgIpc) is 2.54. The van der Waals surface area contributed by atoms with E-state index in [1.54, 1.807) is 7.11 Å². The molecule has 5 heteroatoms. The maximum Gasteiger partial charge on any atom is 0.193 e. The van der Waals surface area contributed by atoms with Crippen LogP contribution in [0.25, 0.3) is 0 Å². The van der Waals surface area contributed by atoms with Crippen molar-refractivity contribution in [1.29, 1.82) is 0 Å². The third kappa shape index (κ3) is 5.74. The normalized spacial score (nSPS) is 10.8. The van der Waals surface area contributed by atoms with Crippen LogP contribution in [0.15, 0.2) is 47.5 Å². The summed E-state index contributed by atoms with van der Waals surface area (Å²) in [6.07, 6.45) is 0.996. The number of hydrogen-bond donors (Lipinski definition) is 2. The molecule has 0 radical (unpaired) electrons. The molecule has 124 valence electrons. The number of nitrogens with zero attached hydrogens (tertiary/aromatic N) is 1. The Bertz CT molecular complexity index is 671. The lowest BCUT2D eigenvalue weighted by molar-refractivity contribution is 0.411. The Balaban J connectivity index is 0.00000264. The summed E-state index contributed by atoms with van der Waals surface area (Å²) >= 11 is 0. The monoisotopic (exact) mass is 425 g/mol. The van der Waals surface area contributed by atoms with Gasteiger partial charge >= 0.3 is 0 Å². The second-order valence-electron chi connectivity index (χ2n) is 5.18. The van der Waals surface area contributed by atoms with E-state index in [4.69, 9.17) is 10.5 Å². The number of aliphatic imine (C=N–C) groups is 1. The van der Waals surface area contributed by atoms with Gasteiger partial charge in [-0.15, -0.1) is 24.0 Å². The summed E-state index contributed by atoms with van der Waals surface area (Å²) in [4.78, 5) is 4.38. The quantitative estimate of drug-likeness (QED) is 0.431. The molecule has 0 aliphatic rings. The van der Waals surface area contributed by atoms with Gasteiger partial charge in [0.25, 0.3) is 0 Å². The third-order valence-electron chi connectivity index (χ3n) is 3.51. The van der Waals surface area contributed by atoms with Crippen molar-refractivity contribution in [3.05, 3.63) is 59.2 Å². The summed E-state index contributed by atoms with van der Waals surface area (Å²) in [6.45, 7) is 4.66. The van der Waals surface area contributed by atoms with Crippen LogP contribution >= 0.6 is 24.0 Å². The van der Waals surface area contributed by atoms with Crippen molar-refractivity contribution in [3.8, 4) is 5.75 Å². The molecule has 23 heavy (non-hydrogen) atoms. The van der Waals surface area contributed by atoms with Gasteiger partial charge in [-0.25, -0.2) is 4.99 Å². The Hall–Kier alpha value is -1.76. The van der Waals surface area contributed by atoms with Crippen LogP contribution in [0.3, 0.4) is 0 Å². The highest BCUT2D eigenvalue weighted by molar-refractivity contribution is 14.0. The van der Waals surface area contributed by atoms with Crippen LogP contribution in [0, 0.1) is 6.92 Å². The minimum absolute atomic E-state index is 0. The first-order valence-corrected chi connectivity index (χ1v) is 7.41. The first kappa shape index (κ1) is 19.3. The summed E-state index contributed by atoms with van der Waals surface area (Å²) in [5.74, 6) is 1.28. The van der Waals surface area contributed by atoms with Gasteiger partial charge < -0.3 is 15.8 Å². The van der Waals surface area contributed by atoms with E-state index in [1.165, 1.54) is 5.56 Å². The standard InChI is InChI=1S/C18H23N3O.HI/c1-4-14-6-5-7-16(10-14)21-18(19)20-12-15-9-8-13(2)17(11-15)22-3;/h5-11H,4,12H2,1-3H3,(H3,19,20,21);1H. The molecule has 0 aliphatic heterocycles. The Morgan fingerprint density at radius 3 is 2.65 bits per heavy atom. The number of nitrogens with two attached hydrogens (primary N) is 1. The van der Waals surface area contributed by atoms with Crippen LogP contribution < -0.4 is 15.8 Å². The van der Waals surface area contributed by atoms with Crippen LogP contribution in [0.1, 0.15) is 23.6 Å². The van der Waals surface area contributed by atoms with Crippen molar-refractivity contribution >= 4 is 35.6 Å². The highest BCUT2D eigenvalue weighted by Gasteiger charge is 2.01. The van der Waals surface area contributed by atoms with Gasteiger partial charge in [-0.2, -0.15) is 0 Å². The number of rotatable bonds is 5. The molecular formula is C18H24IN3O. The predicted molar refractivity (Wildman–Crippen MR) is 108 cm³/mol. The van der Waals surface area contributed by atoms with E-state index in [2.05, 4.69) is 29.4 Å². The first-order valence-electron chi connectivity index (χ1n) is 7.41. The first-order chi connectivity index (χ1) is 10.6. The van der Waals surface area contributed by atoms with Gasteiger partial charge in [-0.05, 0) is 48.2 Å². The largest absolute Gasteiger partial charge is 0.496 e. The van der Waals surface area contributed by atoms with E-state index in [1.807, 2.05) is 37.3 Å². The molecule has 4 nitrogen and oxygen atoms in total. The number of anilines is 1. The van der Waals surface area contributed by atoms with Crippen LogP contribution in [0.4, 0.5) is 5.69 Å². The molecule has 0 heterocycles. The highest BCUT2D eigenvalue weighted by atomic mass is 127. The van der Waals surface area contributed by atoms with Gasteiger partial charge in [-0.3, -0.25) is 0 Å². The maximum absolute atomic E-state index is 5.95. The molecule has 0 unspecified atom stereocenters. The van der Waals surface area contributed by atoms with Crippen molar-refractivity contribution in [1.82, 2.24) is 0 Å². The molecule has 2 rings (SSSR count). The number of nitrogens with one attached hydrogen (secondary N) is 1. The summed E-state index contributed by atoms with van der Waals surface area (Å²) in [6, 6.07) is 14.2. The minimum Gasteiger partial charge on any atom is -0.496 e. The molecule has 0 aliphatic carbocycles. The molecule has 2 aromatic carbocycles. The molecule has 0 aromatic heterocycles. The van der Waals surface area contributed by atoms with E-state index in [0.717, 1.165) is 29.0 Å². The smallest absolute Gasteiger partial charge is 0.193 e. The van der Waals surface area contributed by atoms with Gasteiger partial charge in [-0.1, -0.05) is 31.2 Å². The zero-order valence-electron chi connectivity index (χ0n) is 13.8. The summed E-state index contributed by atoms with van der Waals surface area (Å²) in [5.41, 5.74) is 10.4. The molecule has 0 amide bonds. The zero-order valence-corrected chi connectivity index (χ0v) is 16.1. The molecule has 0 saturated heterocycles. The average molecular weight is 425 g/mol. The van der Waals surface area contributed by atoms with Crippen molar-refractivity contribution in [3.63, 3.8) is 0 Å². The fourth-order valence-corrected chi connectivity index (χ4v) is 2.20. The fraction of sp³-hybridized carbons (Fsp3) is 0.278. The van der Waals surface area contributed by atoms with E-state index in [0.29, 0.717) is 12.5 Å². The number of guanidine groups is 1. The molecule has 3 N–H and O–H groups in total. The van der Waals surface area contributed by atoms with Crippen LogP contribution in [0.2, 0.25) is 0 Å². The lowest BCUT2D eigenvalue weighted by atomic mass is 10.1. The van der Waals surface area contributed by atoms with Gasteiger partial charge in [0, 0.05) is 5.69 Å². The van der Waals surface area contributed by atoms with Crippen LogP contribution in [-0.4, -0.2) is 13.1 Å². The summed E-state index contributed by atoms with van der Waals surface area (Å²) in [7, 11) is 1.67. The molecule has 2 aromatic rings. The summed E-state index contributed by atoms with van der Waals surface area (Å²) in [5, 5.41) is 3.12. The number of hydrogen-bond acceptors (Lipinski definition) is 2. The summed E-state index contributed by atoms with van der Waals surface area (Å²) < 4.78 is 5.32. The number of methoxy groups -OCH3 is 1. The Morgan fingerprint density at radius 2 is 1.96 bits per heavy atom. The SMILES string of the molecule is CCc1cccc(NC(N)=NCc2ccc(C)c(OC)c2)c1.I. The number of benzene rings is 2. The Kier molecular flexibility index (Phi) is 7.88. The Morgan fingerprint density at radius 1 is 1.17 bits per heavy atom. The number of aryl methyl sites for hydroxylation is 2. The molecule has 0 bridgehead atoms. The zero-order chi connectivity index (χ0) is 15.9. The molecule has 0 saturated carbocycles. The highest BCUT2D eigenvalue weighted by Crippen LogP contribution is 2.19. The lowest BCUT2D eigenvalue weighted by Crippen LogP contribution is -2.22. The third-order valence-corrected chi connectivity index (χ3v) is 3.51. The molecule has 0 atom stereocenters. The van der Waals surface area contributed by atoms with Crippen molar-refractivity contribution < 1.29 is 4.74 Å². The van der Waals surface area contributed by atoms with Crippen molar-refractivity contribution in [2.45, 2.75) is 26.8 Å². The van der Waals surface area contributed by atoms with Gasteiger partial charge in [0.1, 0.15) is 5.75 Å². The lowest BCUT2D eigenvalue weighted by Gasteiger charge is -2.08.